The minimum atomic E-state index is -1.01. The number of para-hydroxylation sites is 1. The Kier molecular flexibility index (Phi) is 2.99. The van der Waals surface area contributed by atoms with E-state index in [1.807, 2.05) is 53.2 Å². The van der Waals surface area contributed by atoms with Gasteiger partial charge in [-0.3, -0.25) is 4.21 Å². The van der Waals surface area contributed by atoms with Gasteiger partial charge in [-0.25, -0.2) is 0 Å². The van der Waals surface area contributed by atoms with Crippen molar-refractivity contribution in [3.63, 3.8) is 0 Å². The molecule has 3 aromatic rings. The van der Waals surface area contributed by atoms with Gasteiger partial charge in [-0.05, 0) is 29.7 Å². The standard InChI is InChI=1S/C15H13NOS/c17-18(14-7-2-1-3-8-14)12-16-11-10-13-6-4-5-9-15(13)16/h1-11H,12H2. The third-order valence-corrected chi connectivity index (χ3v) is 4.25. The molecular weight excluding hydrogens is 242 g/mol. The first-order valence-electron chi connectivity index (χ1n) is 5.82. The molecule has 0 bridgehead atoms. The summed E-state index contributed by atoms with van der Waals surface area (Å²) in [5, 5.41) is 1.18. The molecule has 0 amide bonds. The molecule has 0 saturated heterocycles. The van der Waals surface area contributed by atoms with E-state index in [1.165, 1.54) is 5.39 Å². The quantitative estimate of drug-likeness (QED) is 0.703. The molecule has 3 heteroatoms. The highest BCUT2D eigenvalue weighted by molar-refractivity contribution is 7.84. The van der Waals surface area contributed by atoms with Crippen LogP contribution in [0.3, 0.4) is 0 Å². The van der Waals surface area contributed by atoms with E-state index in [-0.39, 0.29) is 0 Å². The van der Waals surface area contributed by atoms with Crippen molar-refractivity contribution in [2.24, 2.45) is 0 Å². The fourth-order valence-corrected chi connectivity index (χ4v) is 3.11. The lowest BCUT2D eigenvalue weighted by Gasteiger charge is -2.05. The molecule has 0 aliphatic carbocycles. The van der Waals surface area contributed by atoms with Crippen molar-refractivity contribution in [2.75, 3.05) is 0 Å². The normalized spacial score (nSPS) is 12.7. The predicted molar refractivity (Wildman–Crippen MR) is 74.8 cm³/mol. The van der Waals surface area contributed by atoms with E-state index in [9.17, 15) is 4.21 Å². The van der Waals surface area contributed by atoms with Crippen molar-refractivity contribution in [1.29, 1.82) is 0 Å². The predicted octanol–water partition coefficient (Wildman–Crippen LogP) is 3.41. The van der Waals surface area contributed by atoms with E-state index in [0.29, 0.717) is 5.88 Å². The van der Waals surface area contributed by atoms with Gasteiger partial charge in [0, 0.05) is 16.6 Å². The summed E-state index contributed by atoms with van der Waals surface area (Å²) in [4.78, 5) is 0.871. The van der Waals surface area contributed by atoms with Crippen LogP contribution in [0.1, 0.15) is 0 Å². The molecule has 0 aliphatic heterocycles. The second-order valence-electron chi connectivity index (χ2n) is 4.13. The van der Waals surface area contributed by atoms with Crippen LogP contribution >= 0.6 is 0 Å². The molecule has 0 N–H and O–H groups in total. The molecule has 1 aromatic heterocycles. The van der Waals surface area contributed by atoms with Crippen LogP contribution in [0, 0.1) is 0 Å². The Labute approximate surface area is 108 Å². The molecule has 0 saturated carbocycles. The number of hydrogen-bond acceptors (Lipinski definition) is 1. The topological polar surface area (TPSA) is 22.0 Å². The number of fused-ring (bicyclic) bond motifs is 1. The zero-order valence-corrected chi connectivity index (χ0v) is 10.6. The molecule has 0 aliphatic rings. The molecule has 90 valence electrons. The lowest BCUT2D eigenvalue weighted by molar-refractivity contribution is 0.674. The maximum Gasteiger partial charge on any atom is 0.103 e. The lowest BCUT2D eigenvalue weighted by atomic mass is 10.2. The van der Waals surface area contributed by atoms with Gasteiger partial charge in [-0.1, -0.05) is 36.4 Å². The van der Waals surface area contributed by atoms with E-state index in [4.69, 9.17) is 0 Å². The Morgan fingerprint density at radius 2 is 1.61 bits per heavy atom. The van der Waals surface area contributed by atoms with Crippen LogP contribution in [0.15, 0.2) is 71.8 Å². The average Bonchev–Trinajstić information content (AvgIpc) is 2.83. The molecule has 2 nitrogen and oxygen atoms in total. The average molecular weight is 255 g/mol. The molecule has 1 heterocycles. The maximum atomic E-state index is 12.2. The summed E-state index contributed by atoms with van der Waals surface area (Å²) in [6.45, 7) is 0. The van der Waals surface area contributed by atoms with Crippen LogP contribution in [0.5, 0.6) is 0 Å². The van der Waals surface area contributed by atoms with Crippen LogP contribution in [0.2, 0.25) is 0 Å². The zero-order chi connectivity index (χ0) is 12.4. The Morgan fingerprint density at radius 3 is 2.44 bits per heavy atom. The van der Waals surface area contributed by atoms with Crippen molar-refractivity contribution in [3.05, 3.63) is 66.9 Å². The minimum Gasteiger partial charge on any atom is -0.335 e. The van der Waals surface area contributed by atoms with Gasteiger partial charge in [0.15, 0.2) is 0 Å². The molecule has 3 rings (SSSR count). The Hall–Kier alpha value is -1.87. The zero-order valence-electron chi connectivity index (χ0n) is 9.82. The molecule has 0 fully saturated rings. The summed E-state index contributed by atoms with van der Waals surface area (Å²) < 4.78 is 14.3. The van der Waals surface area contributed by atoms with Gasteiger partial charge in [0.05, 0.1) is 10.8 Å². The number of hydrogen-bond donors (Lipinski definition) is 0. The van der Waals surface area contributed by atoms with Gasteiger partial charge in [-0.2, -0.15) is 0 Å². The summed E-state index contributed by atoms with van der Waals surface area (Å²) in [6.07, 6.45) is 1.99. The third kappa shape index (κ3) is 2.09. The van der Waals surface area contributed by atoms with Crippen molar-refractivity contribution in [3.8, 4) is 0 Å². The van der Waals surface area contributed by atoms with Gasteiger partial charge in [0.2, 0.25) is 0 Å². The molecule has 1 unspecified atom stereocenters. The van der Waals surface area contributed by atoms with Crippen molar-refractivity contribution >= 4 is 21.7 Å². The Morgan fingerprint density at radius 1 is 0.889 bits per heavy atom. The van der Waals surface area contributed by atoms with Gasteiger partial charge < -0.3 is 4.57 Å². The molecule has 2 aromatic carbocycles. The van der Waals surface area contributed by atoms with Crippen LogP contribution < -0.4 is 0 Å². The monoisotopic (exact) mass is 255 g/mol. The first-order chi connectivity index (χ1) is 8.84. The largest absolute Gasteiger partial charge is 0.335 e. The second kappa shape index (κ2) is 4.78. The van der Waals surface area contributed by atoms with E-state index >= 15 is 0 Å². The van der Waals surface area contributed by atoms with Gasteiger partial charge in [0.1, 0.15) is 5.88 Å². The first kappa shape index (κ1) is 11.2. The van der Waals surface area contributed by atoms with Gasteiger partial charge in [-0.15, -0.1) is 0 Å². The van der Waals surface area contributed by atoms with Crippen molar-refractivity contribution < 1.29 is 4.21 Å². The smallest absolute Gasteiger partial charge is 0.103 e. The summed E-state index contributed by atoms with van der Waals surface area (Å²) in [6, 6.07) is 19.8. The van der Waals surface area contributed by atoms with Crippen LogP contribution in [-0.2, 0) is 16.7 Å². The van der Waals surface area contributed by atoms with Gasteiger partial charge in [0.25, 0.3) is 0 Å². The molecule has 1 atom stereocenters. The number of benzene rings is 2. The molecular formula is C15H13NOS. The number of nitrogens with zero attached hydrogens (tertiary/aromatic N) is 1. The summed E-state index contributed by atoms with van der Waals surface area (Å²) >= 11 is 0. The minimum absolute atomic E-state index is 0.498. The summed E-state index contributed by atoms with van der Waals surface area (Å²) in [7, 11) is -1.01. The molecule has 0 radical (unpaired) electrons. The first-order valence-corrected chi connectivity index (χ1v) is 7.14. The molecule has 0 spiro atoms. The fraction of sp³-hybridized carbons (Fsp3) is 0.0667. The molecule has 18 heavy (non-hydrogen) atoms. The summed E-state index contributed by atoms with van der Waals surface area (Å²) in [5.74, 6) is 0.498. The SMILES string of the molecule is O=S(Cn1ccc2ccccc21)c1ccccc1. The second-order valence-corrected chi connectivity index (χ2v) is 5.55. The highest BCUT2D eigenvalue weighted by atomic mass is 32.2. The van der Waals surface area contributed by atoms with Gasteiger partial charge >= 0.3 is 0 Å². The van der Waals surface area contributed by atoms with Crippen LogP contribution in [0.25, 0.3) is 10.9 Å². The number of aromatic nitrogens is 1. The van der Waals surface area contributed by atoms with Crippen LogP contribution in [-0.4, -0.2) is 8.78 Å². The van der Waals surface area contributed by atoms with E-state index in [2.05, 4.69) is 18.2 Å². The third-order valence-electron chi connectivity index (χ3n) is 2.94. The van der Waals surface area contributed by atoms with Crippen LogP contribution in [0.4, 0.5) is 0 Å². The number of rotatable bonds is 3. The Bertz CT molecular complexity index is 688. The van der Waals surface area contributed by atoms with Crippen molar-refractivity contribution in [2.45, 2.75) is 10.8 Å². The highest BCUT2D eigenvalue weighted by Crippen LogP contribution is 2.17. The summed E-state index contributed by atoms with van der Waals surface area (Å²) in [5.41, 5.74) is 1.13. The maximum absolute atomic E-state index is 12.2. The Balaban J connectivity index is 1.91. The van der Waals surface area contributed by atoms with Crippen molar-refractivity contribution in [1.82, 2.24) is 4.57 Å². The highest BCUT2D eigenvalue weighted by Gasteiger charge is 2.06. The fourth-order valence-electron chi connectivity index (χ4n) is 2.03. The van der Waals surface area contributed by atoms with E-state index in [1.54, 1.807) is 0 Å². The van der Waals surface area contributed by atoms with E-state index in [0.717, 1.165) is 10.4 Å². The lowest BCUT2D eigenvalue weighted by Crippen LogP contribution is -2.03. The van der Waals surface area contributed by atoms with E-state index < -0.39 is 10.8 Å².